The van der Waals surface area contributed by atoms with Gasteiger partial charge in [-0.25, -0.2) is 0 Å². The molecule has 0 unspecified atom stereocenters. The van der Waals surface area contributed by atoms with E-state index in [2.05, 4.69) is 23.6 Å². The molecule has 2 rings (SSSR count). The molecule has 0 aromatic heterocycles. The third-order valence-corrected chi connectivity index (χ3v) is 4.81. The average molecular weight is 280 g/mol. The van der Waals surface area contributed by atoms with E-state index < -0.39 is 0 Å². The van der Waals surface area contributed by atoms with Gasteiger partial charge in [0.2, 0.25) is 5.91 Å². The van der Waals surface area contributed by atoms with Gasteiger partial charge in [0.15, 0.2) is 0 Å². The molecule has 1 amide bonds. The Morgan fingerprint density at radius 2 is 1.65 bits per heavy atom. The van der Waals surface area contributed by atoms with Crippen LogP contribution in [0.4, 0.5) is 0 Å². The number of carbonyl (C=O) groups excluding carboxylic acids is 1. The quantitative estimate of drug-likeness (QED) is 0.698. The highest BCUT2D eigenvalue weighted by molar-refractivity contribution is 5.79. The minimum atomic E-state index is 0.149. The molecule has 20 heavy (non-hydrogen) atoms. The van der Waals surface area contributed by atoms with Gasteiger partial charge >= 0.3 is 0 Å². The topological polar surface area (TPSA) is 23.6 Å². The van der Waals surface area contributed by atoms with Crippen molar-refractivity contribution in [3.8, 4) is 0 Å². The SMILES string of the molecule is CC(C)CCCCN1C[C@H]2CC[C@@H](C1)N2C(=O)C(C)C. The summed E-state index contributed by atoms with van der Waals surface area (Å²) in [6, 6.07) is 0.988. The Morgan fingerprint density at radius 1 is 1.05 bits per heavy atom. The van der Waals surface area contributed by atoms with Crippen LogP contribution in [0.15, 0.2) is 0 Å². The number of piperazine rings is 1. The van der Waals surface area contributed by atoms with Crippen molar-refractivity contribution in [2.24, 2.45) is 11.8 Å². The molecule has 2 heterocycles. The van der Waals surface area contributed by atoms with Crippen LogP contribution in [0.5, 0.6) is 0 Å². The molecule has 2 saturated heterocycles. The number of unbranched alkanes of at least 4 members (excludes halogenated alkanes) is 1. The third-order valence-electron chi connectivity index (χ3n) is 4.81. The van der Waals surface area contributed by atoms with Crippen LogP contribution in [-0.2, 0) is 4.79 Å². The molecule has 2 bridgehead atoms. The Labute approximate surface area is 124 Å². The van der Waals surface area contributed by atoms with E-state index in [1.165, 1.54) is 38.6 Å². The molecule has 3 nitrogen and oxygen atoms in total. The van der Waals surface area contributed by atoms with Gasteiger partial charge in [-0.15, -0.1) is 0 Å². The summed E-state index contributed by atoms with van der Waals surface area (Å²) in [6.45, 7) is 12.1. The predicted octanol–water partition coefficient (Wildman–Crippen LogP) is 3.14. The van der Waals surface area contributed by atoms with Gasteiger partial charge in [-0.05, 0) is 31.7 Å². The first-order valence-electron chi connectivity index (χ1n) is 8.53. The van der Waals surface area contributed by atoms with Crippen molar-refractivity contribution in [3.05, 3.63) is 0 Å². The largest absolute Gasteiger partial charge is 0.334 e. The van der Waals surface area contributed by atoms with Crippen LogP contribution < -0.4 is 0 Å². The van der Waals surface area contributed by atoms with E-state index in [0.717, 1.165) is 19.0 Å². The molecule has 0 spiro atoms. The monoisotopic (exact) mass is 280 g/mol. The van der Waals surface area contributed by atoms with Gasteiger partial charge in [0, 0.05) is 31.1 Å². The molecule has 2 aliphatic rings. The molecule has 116 valence electrons. The van der Waals surface area contributed by atoms with E-state index in [1.807, 2.05) is 13.8 Å². The van der Waals surface area contributed by atoms with Crippen molar-refractivity contribution < 1.29 is 4.79 Å². The number of carbonyl (C=O) groups is 1. The summed E-state index contributed by atoms with van der Waals surface area (Å²) in [5.41, 5.74) is 0. The molecule has 2 fully saturated rings. The number of nitrogens with zero attached hydrogens (tertiary/aromatic N) is 2. The minimum absolute atomic E-state index is 0.149. The van der Waals surface area contributed by atoms with Gasteiger partial charge in [0.25, 0.3) is 0 Å². The summed E-state index contributed by atoms with van der Waals surface area (Å²) >= 11 is 0. The van der Waals surface area contributed by atoms with Crippen LogP contribution >= 0.6 is 0 Å². The number of likely N-dealkylation sites (tertiary alicyclic amines) is 1. The number of amides is 1. The van der Waals surface area contributed by atoms with Gasteiger partial charge in [-0.2, -0.15) is 0 Å². The first-order chi connectivity index (χ1) is 9.49. The lowest BCUT2D eigenvalue weighted by Gasteiger charge is -2.42. The molecule has 0 saturated carbocycles. The van der Waals surface area contributed by atoms with Gasteiger partial charge in [0.1, 0.15) is 0 Å². The van der Waals surface area contributed by atoms with Crippen molar-refractivity contribution in [1.82, 2.24) is 9.80 Å². The average Bonchev–Trinajstić information content (AvgIpc) is 2.64. The summed E-state index contributed by atoms with van der Waals surface area (Å²) in [7, 11) is 0. The predicted molar refractivity (Wildman–Crippen MR) is 83.6 cm³/mol. The zero-order valence-corrected chi connectivity index (χ0v) is 13.8. The Balaban J connectivity index is 1.79. The normalized spacial score (nSPS) is 26.8. The maximum atomic E-state index is 12.3. The second-order valence-electron chi connectivity index (χ2n) is 7.43. The Morgan fingerprint density at radius 3 is 2.15 bits per heavy atom. The first kappa shape index (κ1) is 15.8. The zero-order chi connectivity index (χ0) is 14.7. The molecule has 0 aromatic rings. The lowest BCUT2D eigenvalue weighted by atomic mass is 10.1. The second kappa shape index (κ2) is 6.93. The van der Waals surface area contributed by atoms with E-state index >= 15 is 0 Å². The van der Waals surface area contributed by atoms with Crippen molar-refractivity contribution >= 4 is 5.91 Å². The summed E-state index contributed by atoms with van der Waals surface area (Å²) < 4.78 is 0. The molecule has 0 N–H and O–H groups in total. The van der Waals surface area contributed by atoms with E-state index in [9.17, 15) is 4.79 Å². The highest BCUT2D eigenvalue weighted by Gasteiger charge is 2.42. The van der Waals surface area contributed by atoms with Crippen molar-refractivity contribution in [2.45, 2.75) is 71.9 Å². The molecule has 0 aromatic carbocycles. The van der Waals surface area contributed by atoms with Crippen molar-refractivity contribution in [2.75, 3.05) is 19.6 Å². The lowest BCUT2D eigenvalue weighted by molar-refractivity contribution is -0.140. The summed E-state index contributed by atoms with van der Waals surface area (Å²) in [4.78, 5) is 17.1. The number of rotatable bonds is 6. The van der Waals surface area contributed by atoms with Gasteiger partial charge in [0.05, 0.1) is 0 Å². The van der Waals surface area contributed by atoms with Crippen LogP contribution in [0.1, 0.15) is 59.8 Å². The smallest absolute Gasteiger partial charge is 0.225 e. The minimum Gasteiger partial charge on any atom is -0.334 e. The standard InChI is InChI=1S/C17H32N2O/c1-13(2)7-5-6-10-18-11-15-8-9-16(12-18)19(15)17(20)14(3)4/h13-16H,5-12H2,1-4H3/t15-,16+. The van der Waals surface area contributed by atoms with Crippen LogP contribution in [0, 0.1) is 11.8 Å². The number of hydrogen-bond donors (Lipinski definition) is 0. The van der Waals surface area contributed by atoms with E-state index in [0.29, 0.717) is 18.0 Å². The third kappa shape index (κ3) is 3.75. The first-order valence-corrected chi connectivity index (χ1v) is 8.53. The Bertz CT molecular complexity index is 313. The molecular weight excluding hydrogens is 248 g/mol. The number of hydrogen-bond acceptors (Lipinski definition) is 2. The zero-order valence-electron chi connectivity index (χ0n) is 13.8. The van der Waals surface area contributed by atoms with Gasteiger partial charge < -0.3 is 4.90 Å². The molecule has 0 radical (unpaired) electrons. The second-order valence-corrected chi connectivity index (χ2v) is 7.43. The van der Waals surface area contributed by atoms with Crippen molar-refractivity contribution in [1.29, 1.82) is 0 Å². The Kier molecular flexibility index (Phi) is 5.48. The van der Waals surface area contributed by atoms with E-state index in [1.54, 1.807) is 0 Å². The molecule has 3 heteroatoms. The lowest BCUT2D eigenvalue weighted by Crippen LogP contribution is -2.56. The fraction of sp³-hybridized carbons (Fsp3) is 0.941. The number of fused-ring (bicyclic) bond motifs is 2. The molecule has 2 atom stereocenters. The maximum absolute atomic E-state index is 12.3. The molecule has 0 aliphatic carbocycles. The van der Waals surface area contributed by atoms with E-state index in [4.69, 9.17) is 0 Å². The summed E-state index contributed by atoms with van der Waals surface area (Å²) in [5, 5.41) is 0. The van der Waals surface area contributed by atoms with Crippen LogP contribution in [-0.4, -0.2) is 47.4 Å². The van der Waals surface area contributed by atoms with E-state index in [-0.39, 0.29) is 5.92 Å². The maximum Gasteiger partial charge on any atom is 0.225 e. The van der Waals surface area contributed by atoms with Gasteiger partial charge in [-0.3, -0.25) is 9.69 Å². The van der Waals surface area contributed by atoms with Crippen LogP contribution in [0.2, 0.25) is 0 Å². The Hall–Kier alpha value is -0.570. The van der Waals surface area contributed by atoms with Crippen LogP contribution in [0.3, 0.4) is 0 Å². The summed E-state index contributed by atoms with van der Waals surface area (Å²) in [5.74, 6) is 1.35. The fourth-order valence-corrected chi connectivity index (χ4v) is 3.72. The van der Waals surface area contributed by atoms with Crippen molar-refractivity contribution in [3.63, 3.8) is 0 Å². The fourth-order valence-electron chi connectivity index (χ4n) is 3.72. The van der Waals surface area contributed by atoms with Gasteiger partial charge in [-0.1, -0.05) is 40.5 Å². The molecular formula is C17H32N2O. The highest BCUT2D eigenvalue weighted by Crippen LogP contribution is 2.31. The summed E-state index contributed by atoms with van der Waals surface area (Å²) in [6.07, 6.45) is 6.43. The highest BCUT2D eigenvalue weighted by atomic mass is 16.2. The van der Waals surface area contributed by atoms with Crippen LogP contribution in [0.25, 0.3) is 0 Å². The molecule has 2 aliphatic heterocycles.